The van der Waals surface area contributed by atoms with Gasteiger partial charge in [-0.15, -0.1) is 0 Å². The van der Waals surface area contributed by atoms with Gasteiger partial charge in [-0.1, -0.05) is 41.5 Å². The average molecular weight is 214 g/mol. The predicted molar refractivity (Wildman–Crippen MR) is 56.9 cm³/mol. The van der Waals surface area contributed by atoms with E-state index in [9.17, 15) is 0 Å². The van der Waals surface area contributed by atoms with E-state index in [4.69, 9.17) is 14.5 Å². The van der Waals surface area contributed by atoms with Crippen LogP contribution in [0, 0.1) is 10.8 Å². The molecule has 2 bridgehead atoms. The molecule has 0 aromatic carbocycles. The molecule has 3 heteroatoms. The molecule has 2 heterocycles. The van der Waals surface area contributed by atoms with Crippen molar-refractivity contribution in [3.05, 3.63) is 0 Å². The van der Waals surface area contributed by atoms with Crippen molar-refractivity contribution in [3.8, 4) is 0 Å². The summed E-state index contributed by atoms with van der Waals surface area (Å²) in [6, 6.07) is 0. The van der Waals surface area contributed by atoms with Crippen LogP contribution in [0.15, 0.2) is 0 Å². The maximum absolute atomic E-state index is 6.13. The SMILES string of the molecule is CC(C)(C)[C@]12CC[C@@](C(C)(C)C)(OO1)O2. The molecule has 2 saturated heterocycles. The maximum atomic E-state index is 6.13. The zero-order valence-corrected chi connectivity index (χ0v) is 10.6. The minimum atomic E-state index is -0.555. The lowest BCUT2D eigenvalue weighted by Gasteiger charge is -2.34. The molecule has 2 fully saturated rings. The first kappa shape index (κ1) is 11.4. The average Bonchev–Trinajstić information content (AvgIpc) is 2.57. The molecule has 0 aromatic heterocycles. The Morgan fingerprint density at radius 2 is 1.07 bits per heavy atom. The van der Waals surface area contributed by atoms with Gasteiger partial charge >= 0.3 is 0 Å². The monoisotopic (exact) mass is 214 g/mol. The maximum Gasteiger partial charge on any atom is 0.209 e. The third kappa shape index (κ3) is 1.37. The zero-order chi connectivity index (χ0) is 11.5. The van der Waals surface area contributed by atoms with Gasteiger partial charge in [0.1, 0.15) is 0 Å². The Hall–Kier alpha value is -0.120. The number of ether oxygens (including phenoxy) is 1. The Morgan fingerprint density at radius 3 is 1.20 bits per heavy atom. The smallest absolute Gasteiger partial charge is 0.209 e. The molecule has 88 valence electrons. The molecular weight excluding hydrogens is 192 g/mol. The Balaban J connectivity index is 2.29. The molecule has 3 nitrogen and oxygen atoms in total. The summed E-state index contributed by atoms with van der Waals surface area (Å²) in [5.74, 6) is -1.11. The van der Waals surface area contributed by atoms with Gasteiger partial charge in [0.15, 0.2) is 0 Å². The summed E-state index contributed by atoms with van der Waals surface area (Å²) in [5, 5.41) is 0. The van der Waals surface area contributed by atoms with Crippen molar-refractivity contribution in [2.24, 2.45) is 10.8 Å². The summed E-state index contributed by atoms with van der Waals surface area (Å²) in [6.07, 6.45) is 1.82. The molecule has 0 unspecified atom stereocenters. The summed E-state index contributed by atoms with van der Waals surface area (Å²) in [6.45, 7) is 12.8. The second-order valence-corrected chi connectivity index (χ2v) is 6.77. The van der Waals surface area contributed by atoms with E-state index in [0.717, 1.165) is 12.8 Å². The Labute approximate surface area is 92.0 Å². The second kappa shape index (κ2) is 2.76. The number of rotatable bonds is 0. The van der Waals surface area contributed by atoms with Crippen LogP contribution in [0.5, 0.6) is 0 Å². The van der Waals surface area contributed by atoms with Crippen molar-refractivity contribution in [2.75, 3.05) is 0 Å². The molecule has 15 heavy (non-hydrogen) atoms. The summed E-state index contributed by atoms with van der Waals surface area (Å²) in [4.78, 5) is 11.0. The quantitative estimate of drug-likeness (QED) is 0.579. The minimum absolute atomic E-state index is 0.0590. The van der Waals surface area contributed by atoms with Crippen LogP contribution in [0.4, 0.5) is 0 Å². The molecule has 2 aliphatic rings. The van der Waals surface area contributed by atoms with E-state index in [1.54, 1.807) is 0 Å². The molecule has 0 N–H and O–H groups in total. The lowest BCUT2D eigenvalue weighted by atomic mass is 9.81. The van der Waals surface area contributed by atoms with Crippen molar-refractivity contribution >= 4 is 0 Å². The molecule has 0 aromatic rings. The number of hydrogen-bond acceptors (Lipinski definition) is 3. The molecule has 2 atom stereocenters. The first-order valence-corrected chi connectivity index (χ1v) is 5.69. The highest BCUT2D eigenvalue weighted by Gasteiger charge is 2.68. The number of fused-ring (bicyclic) bond motifs is 2. The van der Waals surface area contributed by atoms with Crippen molar-refractivity contribution in [3.63, 3.8) is 0 Å². The van der Waals surface area contributed by atoms with Crippen LogP contribution in [-0.2, 0) is 14.5 Å². The van der Waals surface area contributed by atoms with E-state index in [-0.39, 0.29) is 10.8 Å². The third-order valence-corrected chi connectivity index (χ3v) is 3.71. The highest BCUT2D eigenvalue weighted by molar-refractivity contribution is 5.00. The fourth-order valence-corrected chi connectivity index (χ4v) is 2.26. The van der Waals surface area contributed by atoms with E-state index in [1.807, 2.05) is 0 Å². The summed E-state index contributed by atoms with van der Waals surface area (Å²) >= 11 is 0. The largest absolute Gasteiger partial charge is 0.311 e. The van der Waals surface area contributed by atoms with Crippen LogP contribution in [0.3, 0.4) is 0 Å². The van der Waals surface area contributed by atoms with Gasteiger partial charge in [0.25, 0.3) is 0 Å². The lowest BCUT2D eigenvalue weighted by molar-refractivity contribution is -0.401. The first-order chi connectivity index (χ1) is 6.62. The molecular formula is C12H22O3. The summed E-state index contributed by atoms with van der Waals surface area (Å²) in [7, 11) is 0. The van der Waals surface area contributed by atoms with Crippen molar-refractivity contribution in [1.29, 1.82) is 0 Å². The van der Waals surface area contributed by atoms with Gasteiger partial charge in [0.05, 0.1) is 0 Å². The fourth-order valence-electron chi connectivity index (χ4n) is 2.26. The zero-order valence-electron chi connectivity index (χ0n) is 10.6. The Kier molecular flexibility index (Phi) is 2.09. The normalized spacial score (nSPS) is 41.2. The first-order valence-electron chi connectivity index (χ1n) is 5.69. The van der Waals surface area contributed by atoms with E-state index >= 15 is 0 Å². The van der Waals surface area contributed by atoms with Crippen LogP contribution in [0.2, 0.25) is 0 Å². The molecule has 0 saturated carbocycles. The van der Waals surface area contributed by atoms with Gasteiger partial charge in [-0.25, -0.2) is 0 Å². The standard InChI is InChI=1S/C12H22O3/c1-9(2,3)11-7-8-12(13-11,15-14-11)10(4,5)6/h7-8H2,1-6H3/t11-,12-/m0/s1. The van der Waals surface area contributed by atoms with Gasteiger partial charge in [0, 0.05) is 23.7 Å². The van der Waals surface area contributed by atoms with E-state index < -0.39 is 11.6 Å². The minimum Gasteiger partial charge on any atom is -0.311 e. The third-order valence-electron chi connectivity index (χ3n) is 3.71. The van der Waals surface area contributed by atoms with Gasteiger partial charge < -0.3 is 4.74 Å². The molecule has 0 radical (unpaired) electrons. The van der Waals surface area contributed by atoms with E-state index in [1.165, 1.54) is 0 Å². The molecule has 2 aliphatic heterocycles. The predicted octanol–water partition coefficient (Wildman–Crippen LogP) is 3.24. The van der Waals surface area contributed by atoms with Gasteiger partial charge in [-0.3, -0.25) is 0 Å². The van der Waals surface area contributed by atoms with Crippen LogP contribution >= 0.6 is 0 Å². The molecule has 2 rings (SSSR count). The van der Waals surface area contributed by atoms with E-state index in [0.29, 0.717) is 0 Å². The van der Waals surface area contributed by atoms with Gasteiger partial charge in [0.2, 0.25) is 11.6 Å². The Morgan fingerprint density at radius 1 is 0.733 bits per heavy atom. The molecule has 0 spiro atoms. The van der Waals surface area contributed by atoms with Gasteiger partial charge in [-0.2, -0.15) is 9.78 Å². The highest BCUT2D eigenvalue weighted by atomic mass is 17.3. The van der Waals surface area contributed by atoms with Crippen molar-refractivity contribution in [2.45, 2.75) is 66.0 Å². The fraction of sp³-hybridized carbons (Fsp3) is 1.00. The van der Waals surface area contributed by atoms with Crippen LogP contribution in [-0.4, -0.2) is 11.6 Å². The van der Waals surface area contributed by atoms with Gasteiger partial charge in [-0.05, 0) is 0 Å². The number of hydrogen-bond donors (Lipinski definition) is 0. The molecule has 0 aliphatic carbocycles. The van der Waals surface area contributed by atoms with Crippen molar-refractivity contribution < 1.29 is 14.5 Å². The second-order valence-electron chi connectivity index (χ2n) is 6.77. The topological polar surface area (TPSA) is 27.7 Å². The van der Waals surface area contributed by atoms with Crippen LogP contribution in [0.1, 0.15) is 54.4 Å². The highest BCUT2D eigenvalue weighted by Crippen LogP contribution is 2.59. The Bertz CT molecular complexity index is 234. The van der Waals surface area contributed by atoms with Crippen molar-refractivity contribution in [1.82, 2.24) is 0 Å². The van der Waals surface area contributed by atoms with Crippen LogP contribution < -0.4 is 0 Å². The lowest BCUT2D eigenvalue weighted by Crippen LogP contribution is -2.42. The van der Waals surface area contributed by atoms with E-state index in [2.05, 4.69) is 41.5 Å². The molecule has 0 amide bonds. The summed E-state index contributed by atoms with van der Waals surface area (Å²) < 4.78 is 6.13. The van der Waals surface area contributed by atoms with Crippen LogP contribution in [0.25, 0.3) is 0 Å². The summed E-state index contributed by atoms with van der Waals surface area (Å²) in [5.41, 5.74) is -0.118.